The number of hydrogen-bond acceptors (Lipinski definition) is 6. The Kier molecular flexibility index (Phi) is 6.30. The smallest absolute Gasteiger partial charge is 0.229 e. The van der Waals surface area contributed by atoms with Crippen molar-refractivity contribution in [3.05, 3.63) is 66.8 Å². The number of piperidine rings is 1. The van der Waals surface area contributed by atoms with Crippen LogP contribution >= 0.6 is 0 Å². The van der Waals surface area contributed by atoms with Crippen LogP contribution in [-0.4, -0.2) is 43.2 Å². The van der Waals surface area contributed by atoms with Crippen LogP contribution < -0.4 is 16.0 Å². The fourth-order valence-electron chi connectivity index (χ4n) is 4.54. The number of nitrogens with zero attached hydrogens (tertiary/aromatic N) is 6. The lowest BCUT2D eigenvalue weighted by atomic mass is 10.1. The number of anilines is 2. The Balaban J connectivity index is 1.48. The minimum atomic E-state index is 0.252. The van der Waals surface area contributed by atoms with Gasteiger partial charge in [0.25, 0.3) is 0 Å². The number of allylic oxidation sites excluding steroid dienone is 1. The quantitative estimate of drug-likeness (QED) is 0.404. The van der Waals surface area contributed by atoms with E-state index in [4.69, 9.17) is 15.7 Å². The van der Waals surface area contributed by atoms with Crippen molar-refractivity contribution in [2.75, 3.05) is 23.3 Å². The van der Waals surface area contributed by atoms with Crippen molar-refractivity contribution in [1.29, 1.82) is 0 Å². The number of aromatic nitrogens is 5. The maximum Gasteiger partial charge on any atom is 0.229 e. The third-order valence-corrected chi connectivity index (χ3v) is 6.69. The third-order valence-electron chi connectivity index (χ3n) is 6.69. The fourth-order valence-corrected chi connectivity index (χ4v) is 4.54. The van der Waals surface area contributed by atoms with Gasteiger partial charge in [-0.1, -0.05) is 24.8 Å². The molecule has 4 aromatic rings. The average Bonchev–Trinajstić information content (AvgIpc) is 3.51. The molecule has 182 valence electrons. The van der Waals surface area contributed by atoms with Crippen molar-refractivity contribution in [1.82, 2.24) is 24.1 Å². The Hall–Kier alpha value is -3.65. The highest BCUT2D eigenvalue weighted by molar-refractivity contribution is 5.84. The number of nitrogens with two attached hydrogens (primary N) is 1. The third kappa shape index (κ3) is 4.66. The molecule has 0 radical (unpaired) electrons. The van der Waals surface area contributed by atoms with Gasteiger partial charge < -0.3 is 25.1 Å². The summed E-state index contributed by atoms with van der Waals surface area (Å²) in [6.45, 7) is 12.7. The lowest BCUT2D eigenvalue weighted by molar-refractivity contribution is 0.495. The van der Waals surface area contributed by atoms with Gasteiger partial charge in [-0.15, -0.1) is 0 Å². The molecular weight excluding hydrogens is 436 g/mol. The second kappa shape index (κ2) is 9.54. The van der Waals surface area contributed by atoms with Crippen molar-refractivity contribution in [3.8, 4) is 5.69 Å². The summed E-state index contributed by atoms with van der Waals surface area (Å²) in [7, 11) is 0. The molecule has 0 bridgehead atoms. The molecule has 1 fully saturated rings. The SMILES string of the molecule is C=C(C)c1ccn(-c2ccccc2CNc2nc(N3CCC(N)CC3)nc3c2ncn3C(C)C)c1. The largest absolute Gasteiger partial charge is 0.364 e. The van der Waals surface area contributed by atoms with Gasteiger partial charge in [-0.3, -0.25) is 0 Å². The Morgan fingerprint density at radius 1 is 1.17 bits per heavy atom. The maximum atomic E-state index is 6.13. The van der Waals surface area contributed by atoms with Crippen LogP contribution in [0.3, 0.4) is 0 Å². The zero-order valence-electron chi connectivity index (χ0n) is 20.8. The first-order valence-electron chi connectivity index (χ1n) is 12.3. The molecule has 0 amide bonds. The van der Waals surface area contributed by atoms with Gasteiger partial charge in [0.05, 0.1) is 6.33 Å². The lowest BCUT2D eigenvalue weighted by Crippen LogP contribution is -2.40. The summed E-state index contributed by atoms with van der Waals surface area (Å²) in [5, 5.41) is 3.58. The van der Waals surface area contributed by atoms with Crippen molar-refractivity contribution in [3.63, 3.8) is 0 Å². The van der Waals surface area contributed by atoms with Gasteiger partial charge in [-0.2, -0.15) is 9.97 Å². The molecule has 8 heteroatoms. The number of nitrogens with one attached hydrogen (secondary N) is 1. The van der Waals surface area contributed by atoms with E-state index in [9.17, 15) is 0 Å². The topological polar surface area (TPSA) is 89.8 Å². The summed E-state index contributed by atoms with van der Waals surface area (Å²) < 4.78 is 4.25. The Morgan fingerprint density at radius 3 is 2.66 bits per heavy atom. The van der Waals surface area contributed by atoms with Gasteiger partial charge in [0.1, 0.15) is 0 Å². The molecule has 3 N–H and O–H groups in total. The first-order valence-corrected chi connectivity index (χ1v) is 12.3. The van der Waals surface area contributed by atoms with Gasteiger partial charge >= 0.3 is 0 Å². The molecule has 8 nitrogen and oxygen atoms in total. The number of hydrogen-bond donors (Lipinski definition) is 2. The van der Waals surface area contributed by atoms with Crippen LogP contribution in [0.5, 0.6) is 0 Å². The molecule has 5 rings (SSSR count). The van der Waals surface area contributed by atoms with E-state index >= 15 is 0 Å². The molecule has 0 atom stereocenters. The second-order valence-corrected chi connectivity index (χ2v) is 9.68. The molecule has 1 saturated heterocycles. The standard InChI is InChI=1S/C27H34N8/c1-18(2)21-9-12-34(16-21)23-8-6-5-7-20(23)15-29-25-24-26(35(17-30-24)19(3)4)32-27(31-25)33-13-10-22(28)11-14-33/h5-9,12,16-17,19,22H,1,10-11,13-15,28H2,2-4H3,(H,29,31,32). The van der Waals surface area contributed by atoms with E-state index in [0.29, 0.717) is 6.54 Å². The van der Waals surface area contributed by atoms with Crippen molar-refractivity contribution in [2.45, 2.75) is 52.2 Å². The number of rotatable bonds is 7. The summed E-state index contributed by atoms with van der Waals surface area (Å²) in [4.78, 5) is 16.8. The molecular formula is C27H34N8. The van der Waals surface area contributed by atoms with Gasteiger partial charge in [0.2, 0.25) is 5.95 Å². The van der Waals surface area contributed by atoms with Crippen molar-refractivity contribution < 1.29 is 0 Å². The zero-order chi connectivity index (χ0) is 24.5. The highest BCUT2D eigenvalue weighted by atomic mass is 15.3. The van der Waals surface area contributed by atoms with E-state index in [2.05, 4.69) is 87.5 Å². The Morgan fingerprint density at radius 2 is 1.94 bits per heavy atom. The number of benzene rings is 1. The summed E-state index contributed by atoms with van der Waals surface area (Å²) in [5.74, 6) is 1.49. The highest BCUT2D eigenvalue weighted by Crippen LogP contribution is 2.27. The van der Waals surface area contributed by atoms with Crippen LogP contribution in [0, 0.1) is 0 Å². The number of para-hydroxylation sites is 1. The predicted octanol–water partition coefficient (Wildman–Crippen LogP) is 4.77. The van der Waals surface area contributed by atoms with E-state index in [1.165, 1.54) is 0 Å². The molecule has 1 aliphatic rings. The average molecular weight is 471 g/mol. The van der Waals surface area contributed by atoms with Crippen molar-refractivity contribution in [2.24, 2.45) is 5.73 Å². The van der Waals surface area contributed by atoms with E-state index in [1.54, 1.807) is 0 Å². The van der Waals surface area contributed by atoms with Gasteiger partial charge in [-0.05, 0) is 62.4 Å². The summed E-state index contributed by atoms with van der Waals surface area (Å²) in [6.07, 6.45) is 7.95. The van der Waals surface area contributed by atoms with Crippen LogP contribution in [0.4, 0.5) is 11.8 Å². The predicted molar refractivity (Wildman–Crippen MR) is 143 cm³/mol. The highest BCUT2D eigenvalue weighted by Gasteiger charge is 2.22. The number of imidazole rings is 1. The fraction of sp³-hybridized carbons (Fsp3) is 0.370. The Bertz CT molecular complexity index is 1340. The van der Waals surface area contributed by atoms with Crippen LogP contribution in [0.1, 0.15) is 50.8 Å². The van der Waals surface area contributed by atoms with Crippen LogP contribution in [0.2, 0.25) is 0 Å². The van der Waals surface area contributed by atoms with E-state index in [0.717, 1.165) is 71.2 Å². The summed E-state index contributed by atoms with van der Waals surface area (Å²) >= 11 is 0. The van der Waals surface area contributed by atoms with Gasteiger partial charge in [0.15, 0.2) is 17.0 Å². The first kappa shape index (κ1) is 23.1. The zero-order valence-corrected chi connectivity index (χ0v) is 20.8. The molecule has 0 aliphatic carbocycles. The van der Waals surface area contributed by atoms with Crippen LogP contribution in [-0.2, 0) is 6.54 Å². The molecule has 1 aromatic carbocycles. The lowest BCUT2D eigenvalue weighted by Gasteiger charge is -2.30. The second-order valence-electron chi connectivity index (χ2n) is 9.68. The molecule has 0 spiro atoms. The van der Waals surface area contributed by atoms with Crippen LogP contribution in [0.25, 0.3) is 22.4 Å². The monoisotopic (exact) mass is 470 g/mol. The van der Waals surface area contributed by atoms with E-state index in [1.807, 2.05) is 13.3 Å². The molecule has 4 heterocycles. The summed E-state index contributed by atoms with van der Waals surface area (Å²) in [6, 6.07) is 11.0. The molecule has 0 saturated carbocycles. The molecule has 3 aromatic heterocycles. The first-order chi connectivity index (χ1) is 16.9. The molecule has 35 heavy (non-hydrogen) atoms. The normalized spacial score (nSPS) is 14.7. The van der Waals surface area contributed by atoms with Crippen LogP contribution in [0.15, 0.2) is 55.6 Å². The van der Waals surface area contributed by atoms with Gasteiger partial charge in [-0.25, -0.2) is 4.98 Å². The summed E-state index contributed by atoms with van der Waals surface area (Å²) in [5.41, 5.74) is 12.2. The van der Waals surface area contributed by atoms with E-state index < -0.39 is 0 Å². The van der Waals surface area contributed by atoms with E-state index in [-0.39, 0.29) is 12.1 Å². The van der Waals surface area contributed by atoms with Crippen molar-refractivity contribution >= 4 is 28.5 Å². The molecule has 0 unspecified atom stereocenters. The Labute approximate surface area is 206 Å². The molecule has 1 aliphatic heterocycles. The maximum absolute atomic E-state index is 6.13. The minimum Gasteiger partial charge on any atom is -0.364 e. The van der Waals surface area contributed by atoms with Gasteiger partial charge in [0, 0.05) is 49.8 Å². The minimum absolute atomic E-state index is 0.252. The number of fused-ring (bicyclic) bond motifs is 1.